The third kappa shape index (κ3) is 6.98. The molecule has 0 spiro atoms. The molecule has 1 heterocycles. The number of halogens is 1. The molecule has 0 saturated carbocycles. The van der Waals surface area contributed by atoms with Gasteiger partial charge in [-0.1, -0.05) is 35.9 Å². The van der Waals surface area contributed by atoms with E-state index >= 15 is 0 Å². The van der Waals surface area contributed by atoms with Gasteiger partial charge in [-0.15, -0.1) is 0 Å². The number of benzene rings is 2. The Kier molecular flexibility index (Phi) is 9.34. The van der Waals surface area contributed by atoms with Crippen molar-refractivity contribution >= 4 is 29.5 Å². The summed E-state index contributed by atoms with van der Waals surface area (Å²) in [4.78, 5) is 35.7. The summed E-state index contributed by atoms with van der Waals surface area (Å²) in [5.74, 6) is -0.981. The van der Waals surface area contributed by atoms with Crippen molar-refractivity contribution in [1.82, 2.24) is 0 Å². The van der Waals surface area contributed by atoms with Crippen molar-refractivity contribution in [3.8, 4) is 5.75 Å². The molecule has 0 N–H and O–H groups in total. The van der Waals surface area contributed by atoms with Crippen molar-refractivity contribution in [2.24, 2.45) is 0 Å². The molecule has 2 aromatic rings. The minimum absolute atomic E-state index is 0.545. The highest BCUT2D eigenvalue weighted by Crippen LogP contribution is 2.38. The van der Waals surface area contributed by atoms with Crippen LogP contribution < -0.4 is 4.74 Å². The normalized spacial score (nSPS) is 23.4. The molecule has 36 heavy (non-hydrogen) atoms. The Morgan fingerprint density at radius 1 is 0.861 bits per heavy atom. The van der Waals surface area contributed by atoms with Crippen LogP contribution in [0.3, 0.4) is 0 Å². The number of carbonyl (C=O) groups excluding carboxylic acids is 3. The molecule has 1 saturated heterocycles. The summed E-state index contributed by atoms with van der Waals surface area (Å²) in [6.45, 7) is 7.96. The molecule has 1 fully saturated rings. The van der Waals surface area contributed by atoms with Gasteiger partial charge in [-0.25, -0.2) is 0 Å². The standard InChI is InChI=1S/C27H31ClO8/c1-6-32-22-10-7-19(8-11-22)13-21-14-20(9-12-23(21)28)25-27(36-18(5)31)26(35-17(4)30)24(15(2)33-25)34-16(3)29/h7-12,14-15,24-27H,6,13H2,1-5H3. The largest absolute Gasteiger partial charge is 0.494 e. The van der Waals surface area contributed by atoms with Gasteiger partial charge in [0.05, 0.1) is 12.7 Å². The first kappa shape index (κ1) is 27.5. The van der Waals surface area contributed by atoms with Crippen molar-refractivity contribution in [2.75, 3.05) is 6.61 Å². The fraction of sp³-hybridized carbons (Fsp3) is 0.444. The first-order valence-corrected chi connectivity index (χ1v) is 12.1. The average molecular weight is 519 g/mol. The van der Waals surface area contributed by atoms with Gasteiger partial charge in [-0.2, -0.15) is 0 Å². The molecule has 5 unspecified atom stereocenters. The zero-order chi connectivity index (χ0) is 26.4. The summed E-state index contributed by atoms with van der Waals surface area (Å²) in [7, 11) is 0. The topological polar surface area (TPSA) is 97.4 Å². The van der Waals surface area contributed by atoms with Gasteiger partial charge in [0.25, 0.3) is 0 Å². The number of hydrogen-bond donors (Lipinski definition) is 0. The van der Waals surface area contributed by atoms with E-state index in [4.69, 9.17) is 35.3 Å². The minimum Gasteiger partial charge on any atom is -0.494 e. The molecule has 1 aliphatic rings. The van der Waals surface area contributed by atoms with Crippen LogP contribution in [0.2, 0.25) is 5.02 Å². The second-order valence-corrected chi connectivity index (χ2v) is 9.00. The highest BCUT2D eigenvalue weighted by Gasteiger charge is 2.50. The summed E-state index contributed by atoms with van der Waals surface area (Å²) in [5.41, 5.74) is 2.54. The van der Waals surface area contributed by atoms with Crippen LogP contribution in [0.1, 0.15) is 57.4 Å². The number of hydrogen-bond acceptors (Lipinski definition) is 8. The zero-order valence-electron chi connectivity index (χ0n) is 21.0. The molecule has 3 rings (SSSR count). The average Bonchev–Trinajstić information content (AvgIpc) is 2.80. The lowest BCUT2D eigenvalue weighted by molar-refractivity contribution is -0.245. The maximum Gasteiger partial charge on any atom is 0.303 e. The first-order chi connectivity index (χ1) is 17.1. The highest BCUT2D eigenvalue weighted by molar-refractivity contribution is 6.31. The van der Waals surface area contributed by atoms with Crippen LogP contribution >= 0.6 is 11.6 Å². The number of esters is 3. The first-order valence-electron chi connectivity index (χ1n) is 11.8. The molecule has 194 valence electrons. The van der Waals surface area contributed by atoms with Crippen LogP contribution in [0.15, 0.2) is 42.5 Å². The number of rotatable bonds is 8. The Balaban J connectivity index is 1.96. The molecule has 5 atom stereocenters. The molecular formula is C27H31ClO8. The Bertz CT molecular complexity index is 1080. The lowest BCUT2D eigenvalue weighted by Crippen LogP contribution is -2.57. The van der Waals surface area contributed by atoms with E-state index in [1.54, 1.807) is 19.1 Å². The Hall–Kier alpha value is -3.10. The monoisotopic (exact) mass is 518 g/mol. The Morgan fingerprint density at radius 2 is 1.44 bits per heavy atom. The van der Waals surface area contributed by atoms with Crippen molar-refractivity contribution < 1.29 is 38.1 Å². The molecule has 0 amide bonds. The maximum atomic E-state index is 12.0. The van der Waals surface area contributed by atoms with E-state index in [2.05, 4.69) is 0 Å². The van der Waals surface area contributed by atoms with Crippen LogP contribution in [0.4, 0.5) is 0 Å². The van der Waals surface area contributed by atoms with Crippen molar-refractivity contribution in [3.05, 3.63) is 64.2 Å². The second-order valence-electron chi connectivity index (χ2n) is 8.59. The predicted molar refractivity (Wildman–Crippen MR) is 132 cm³/mol. The van der Waals surface area contributed by atoms with Crippen molar-refractivity contribution in [3.63, 3.8) is 0 Å². The highest BCUT2D eigenvalue weighted by atomic mass is 35.5. The van der Waals surface area contributed by atoms with E-state index in [1.165, 1.54) is 20.8 Å². The molecule has 8 nitrogen and oxygen atoms in total. The summed E-state index contributed by atoms with van der Waals surface area (Å²) in [6.07, 6.45) is -3.97. The van der Waals surface area contributed by atoms with Gasteiger partial charge < -0.3 is 23.7 Å². The van der Waals surface area contributed by atoms with Crippen LogP contribution in [-0.4, -0.2) is 48.9 Å². The summed E-state index contributed by atoms with van der Waals surface area (Å²) >= 11 is 6.52. The number of carbonyl (C=O) groups is 3. The smallest absolute Gasteiger partial charge is 0.303 e. The van der Waals surface area contributed by atoms with Gasteiger partial charge in [0, 0.05) is 25.8 Å². The third-order valence-electron chi connectivity index (χ3n) is 5.70. The molecule has 2 aromatic carbocycles. The van der Waals surface area contributed by atoms with Gasteiger partial charge >= 0.3 is 17.9 Å². The second kappa shape index (κ2) is 12.2. The quantitative estimate of drug-likeness (QED) is 0.370. The van der Waals surface area contributed by atoms with Crippen molar-refractivity contribution in [1.29, 1.82) is 0 Å². The van der Waals surface area contributed by atoms with Gasteiger partial charge in [0.2, 0.25) is 0 Å². The number of ether oxygens (including phenoxy) is 5. The van der Waals surface area contributed by atoms with Gasteiger partial charge in [0.15, 0.2) is 18.3 Å². The summed E-state index contributed by atoms with van der Waals surface area (Å²) in [6, 6.07) is 13.1. The Labute approximate surface area is 215 Å². The van der Waals surface area contributed by atoms with Gasteiger partial charge in [-0.3, -0.25) is 14.4 Å². The molecule has 9 heteroatoms. The van der Waals surface area contributed by atoms with Gasteiger partial charge in [-0.05, 0) is 55.2 Å². The molecule has 0 bridgehead atoms. The molecule has 1 aliphatic heterocycles. The van der Waals surface area contributed by atoms with E-state index in [0.29, 0.717) is 23.6 Å². The van der Waals surface area contributed by atoms with E-state index in [-0.39, 0.29) is 0 Å². The van der Waals surface area contributed by atoms with E-state index in [0.717, 1.165) is 16.9 Å². The lowest BCUT2D eigenvalue weighted by Gasteiger charge is -2.44. The lowest BCUT2D eigenvalue weighted by atomic mass is 9.89. The molecule has 0 radical (unpaired) electrons. The van der Waals surface area contributed by atoms with E-state index < -0.39 is 48.4 Å². The van der Waals surface area contributed by atoms with Crippen LogP contribution in [0.25, 0.3) is 0 Å². The Morgan fingerprint density at radius 3 is 2.03 bits per heavy atom. The SMILES string of the molecule is CCOc1ccc(Cc2cc(C3OC(C)C(OC(C)=O)C(OC(C)=O)C3OC(C)=O)ccc2Cl)cc1. The molecule has 0 aliphatic carbocycles. The molecular weight excluding hydrogens is 488 g/mol. The summed E-state index contributed by atoms with van der Waals surface area (Å²) in [5, 5.41) is 0.565. The fourth-order valence-corrected chi connectivity index (χ4v) is 4.46. The third-order valence-corrected chi connectivity index (χ3v) is 6.07. The molecule has 0 aromatic heterocycles. The van der Waals surface area contributed by atoms with Crippen molar-refractivity contribution in [2.45, 2.75) is 71.6 Å². The minimum atomic E-state index is -1.06. The van der Waals surface area contributed by atoms with Crippen LogP contribution in [0, 0.1) is 0 Å². The van der Waals surface area contributed by atoms with Crippen LogP contribution in [0.5, 0.6) is 5.75 Å². The van der Waals surface area contributed by atoms with E-state index in [9.17, 15) is 14.4 Å². The maximum absolute atomic E-state index is 12.0. The van der Waals surface area contributed by atoms with Gasteiger partial charge in [0.1, 0.15) is 11.9 Å². The fourth-order valence-electron chi connectivity index (χ4n) is 4.28. The van der Waals surface area contributed by atoms with E-state index in [1.807, 2.05) is 37.3 Å². The van der Waals surface area contributed by atoms with Crippen LogP contribution in [-0.2, 0) is 39.8 Å². The zero-order valence-corrected chi connectivity index (χ0v) is 21.7. The summed E-state index contributed by atoms with van der Waals surface area (Å²) < 4.78 is 28.2. The predicted octanol–water partition coefficient (Wildman–Crippen LogP) is 4.58.